The highest BCUT2D eigenvalue weighted by Crippen LogP contribution is 2.24. The van der Waals surface area contributed by atoms with E-state index in [2.05, 4.69) is 6.92 Å². The maximum atomic E-state index is 12.3. The minimum Gasteiger partial charge on any atom is -0.505 e. The van der Waals surface area contributed by atoms with Gasteiger partial charge in [-0.15, -0.1) is 0 Å². The van der Waals surface area contributed by atoms with E-state index in [0.717, 1.165) is 0 Å². The van der Waals surface area contributed by atoms with Crippen LogP contribution in [-0.2, 0) is 0 Å². The molecule has 0 aliphatic rings. The number of halogens is 3. The van der Waals surface area contributed by atoms with E-state index in [1.165, 1.54) is 0 Å². The molecule has 1 radical (unpaired) electrons. The fourth-order valence-electron chi connectivity index (χ4n) is 0.634. The first kappa shape index (κ1) is 7.91. The fraction of sp³-hybridized carbons (Fsp3) is 0. The summed E-state index contributed by atoms with van der Waals surface area (Å²) in [5.74, 6) is -5.60. The number of phenols is 1. The lowest BCUT2D eigenvalue weighted by Gasteiger charge is -2.00. The normalized spacial score (nSPS) is 10.2. The summed E-state index contributed by atoms with van der Waals surface area (Å²) in [6.07, 6.45) is 0. The molecule has 59 valence electrons. The van der Waals surface area contributed by atoms with Crippen molar-refractivity contribution in [1.82, 2.24) is 0 Å². The molecule has 1 rings (SSSR count). The summed E-state index contributed by atoms with van der Waals surface area (Å²) in [6, 6.07) is 0.619. The van der Waals surface area contributed by atoms with E-state index in [4.69, 9.17) is 5.11 Å². The van der Waals surface area contributed by atoms with Crippen molar-refractivity contribution in [3.63, 3.8) is 0 Å². The first-order valence-electron chi connectivity index (χ1n) is 2.72. The second kappa shape index (κ2) is 2.45. The quantitative estimate of drug-likeness (QED) is 0.577. The third-order valence-corrected chi connectivity index (χ3v) is 1.22. The number of phenolic OH excluding ortho intramolecular Hbond substituents is 1. The number of rotatable bonds is 0. The van der Waals surface area contributed by atoms with E-state index in [1.807, 2.05) is 0 Å². The van der Waals surface area contributed by atoms with Crippen LogP contribution in [0.3, 0.4) is 0 Å². The van der Waals surface area contributed by atoms with Crippen molar-refractivity contribution in [2.24, 2.45) is 0 Å². The molecule has 0 fully saturated rings. The third-order valence-electron chi connectivity index (χ3n) is 1.22. The molecule has 0 aliphatic carbocycles. The zero-order valence-electron chi connectivity index (χ0n) is 5.37. The van der Waals surface area contributed by atoms with Crippen molar-refractivity contribution in [2.75, 3.05) is 0 Å². The van der Waals surface area contributed by atoms with Crippen molar-refractivity contribution in [3.05, 3.63) is 36.0 Å². The van der Waals surface area contributed by atoms with Gasteiger partial charge < -0.3 is 5.11 Å². The standard InChI is InChI=1S/C7H4F3O/c1-3-2-4(8)5(9)6(10)7(3)11/h2,11H,1H2. The van der Waals surface area contributed by atoms with Gasteiger partial charge >= 0.3 is 0 Å². The van der Waals surface area contributed by atoms with Crippen LogP contribution in [0.15, 0.2) is 6.07 Å². The Morgan fingerprint density at radius 1 is 1.18 bits per heavy atom. The third kappa shape index (κ3) is 1.15. The van der Waals surface area contributed by atoms with Gasteiger partial charge in [0.1, 0.15) is 0 Å². The molecule has 1 aromatic carbocycles. The zero-order valence-corrected chi connectivity index (χ0v) is 5.37. The van der Waals surface area contributed by atoms with Crippen LogP contribution in [0, 0.1) is 24.4 Å². The van der Waals surface area contributed by atoms with Crippen molar-refractivity contribution in [1.29, 1.82) is 0 Å². The fourth-order valence-corrected chi connectivity index (χ4v) is 0.634. The average Bonchev–Trinajstić information content (AvgIpc) is 1.97. The minimum absolute atomic E-state index is 0.276. The van der Waals surface area contributed by atoms with Crippen LogP contribution >= 0.6 is 0 Å². The first-order valence-corrected chi connectivity index (χ1v) is 2.72. The number of aromatic hydroxyl groups is 1. The van der Waals surface area contributed by atoms with Gasteiger partial charge in [-0.05, 0) is 13.0 Å². The Balaban J connectivity index is 3.46. The van der Waals surface area contributed by atoms with Crippen LogP contribution in [-0.4, -0.2) is 5.11 Å². The summed E-state index contributed by atoms with van der Waals surface area (Å²) in [7, 11) is 0. The Bertz CT molecular complexity index is 270. The molecule has 0 heterocycles. The van der Waals surface area contributed by atoms with Crippen molar-refractivity contribution >= 4 is 0 Å². The molecule has 0 aromatic heterocycles. The molecule has 0 saturated carbocycles. The second-order valence-electron chi connectivity index (χ2n) is 1.99. The van der Waals surface area contributed by atoms with Crippen LogP contribution in [0.2, 0.25) is 0 Å². The molecular weight excluding hydrogens is 157 g/mol. The molecule has 1 nitrogen and oxygen atoms in total. The highest BCUT2D eigenvalue weighted by atomic mass is 19.2. The first-order chi connectivity index (χ1) is 5.04. The Kier molecular flexibility index (Phi) is 1.76. The van der Waals surface area contributed by atoms with Gasteiger partial charge in [0.25, 0.3) is 0 Å². The smallest absolute Gasteiger partial charge is 0.203 e. The van der Waals surface area contributed by atoms with E-state index in [1.54, 1.807) is 0 Å². The van der Waals surface area contributed by atoms with Crippen molar-refractivity contribution < 1.29 is 18.3 Å². The number of hydrogen-bond donors (Lipinski definition) is 1. The van der Waals surface area contributed by atoms with Crippen LogP contribution in [0.5, 0.6) is 5.75 Å². The maximum Gasteiger partial charge on any atom is 0.203 e. The van der Waals surface area contributed by atoms with E-state index < -0.39 is 23.2 Å². The van der Waals surface area contributed by atoms with E-state index in [0.29, 0.717) is 6.07 Å². The molecule has 0 atom stereocenters. The SMILES string of the molecule is [CH2]c1cc(F)c(F)c(F)c1O. The molecule has 11 heavy (non-hydrogen) atoms. The van der Waals surface area contributed by atoms with Gasteiger partial charge in [0, 0.05) is 5.56 Å². The molecule has 0 unspecified atom stereocenters. The molecule has 0 aliphatic heterocycles. The summed E-state index contributed by atoms with van der Waals surface area (Å²) in [5.41, 5.74) is -0.276. The van der Waals surface area contributed by atoms with Gasteiger partial charge in [0.15, 0.2) is 17.4 Å². The van der Waals surface area contributed by atoms with E-state index in [9.17, 15) is 13.2 Å². The van der Waals surface area contributed by atoms with Gasteiger partial charge in [-0.2, -0.15) is 4.39 Å². The summed E-state index contributed by atoms with van der Waals surface area (Å²) < 4.78 is 36.8. The van der Waals surface area contributed by atoms with E-state index in [-0.39, 0.29) is 5.56 Å². The highest BCUT2D eigenvalue weighted by molar-refractivity contribution is 5.36. The van der Waals surface area contributed by atoms with Crippen LogP contribution in [0.4, 0.5) is 13.2 Å². The second-order valence-corrected chi connectivity index (χ2v) is 1.99. The molecule has 0 spiro atoms. The lowest BCUT2D eigenvalue weighted by Crippen LogP contribution is -1.92. The van der Waals surface area contributed by atoms with Gasteiger partial charge in [0.05, 0.1) is 0 Å². The zero-order chi connectivity index (χ0) is 8.59. The van der Waals surface area contributed by atoms with Gasteiger partial charge in [-0.25, -0.2) is 8.78 Å². The van der Waals surface area contributed by atoms with Gasteiger partial charge in [-0.1, -0.05) is 0 Å². The summed E-state index contributed by atoms with van der Waals surface area (Å²) in [4.78, 5) is 0. The van der Waals surface area contributed by atoms with Crippen molar-refractivity contribution in [3.8, 4) is 5.75 Å². The molecule has 0 bridgehead atoms. The predicted molar refractivity (Wildman–Crippen MR) is 32.4 cm³/mol. The van der Waals surface area contributed by atoms with Crippen LogP contribution in [0.1, 0.15) is 5.56 Å². The topological polar surface area (TPSA) is 20.2 Å². The van der Waals surface area contributed by atoms with Crippen molar-refractivity contribution in [2.45, 2.75) is 0 Å². The Hall–Kier alpha value is -1.19. The van der Waals surface area contributed by atoms with Gasteiger partial charge in [0.2, 0.25) is 5.82 Å². The predicted octanol–water partition coefficient (Wildman–Crippen LogP) is 1.99. The molecule has 1 N–H and O–H groups in total. The Morgan fingerprint density at radius 2 is 1.73 bits per heavy atom. The van der Waals surface area contributed by atoms with Crippen LogP contribution < -0.4 is 0 Å². The maximum absolute atomic E-state index is 12.3. The lowest BCUT2D eigenvalue weighted by molar-refractivity contribution is 0.385. The lowest BCUT2D eigenvalue weighted by atomic mass is 10.2. The minimum atomic E-state index is -1.69. The molecule has 1 aromatic rings. The Labute approximate surface area is 61.1 Å². The monoisotopic (exact) mass is 161 g/mol. The molecular formula is C7H4F3O. The van der Waals surface area contributed by atoms with Crippen LogP contribution in [0.25, 0.3) is 0 Å². The highest BCUT2D eigenvalue weighted by Gasteiger charge is 2.15. The summed E-state index contributed by atoms with van der Waals surface area (Å²) in [6.45, 7) is 3.09. The summed E-state index contributed by atoms with van der Waals surface area (Å²) in [5, 5.41) is 8.67. The number of benzene rings is 1. The molecule has 0 amide bonds. The molecule has 4 heteroatoms. The van der Waals surface area contributed by atoms with E-state index >= 15 is 0 Å². The van der Waals surface area contributed by atoms with Gasteiger partial charge in [-0.3, -0.25) is 0 Å². The summed E-state index contributed by atoms with van der Waals surface area (Å²) >= 11 is 0. The largest absolute Gasteiger partial charge is 0.505 e. The average molecular weight is 161 g/mol. The molecule has 0 saturated heterocycles. The number of hydrogen-bond acceptors (Lipinski definition) is 1. The Morgan fingerprint density at radius 3 is 2.27 bits per heavy atom.